The lowest BCUT2D eigenvalue weighted by atomic mass is 10.1. The zero-order valence-corrected chi connectivity index (χ0v) is 13.6. The maximum absolute atomic E-state index is 11.6. The Morgan fingerprint density at radius 1 is 1.27 bits per heavy atom. The summed E-state index contributed by atoms with van der Waals surface area (Å²) in [5, 5.41) is 6.71. The fourth-order valence-corrected chi connectivity index (χ4v) is 4.67. The van der Waals surface area contributed by atoms with Crippen molar-refractivity contribution in [1.29, 1.82) is 0 Å². The molecule has 120 valence electrons. The maximum atomic E-state index is 11.6. The summed E-state index contributed by atoms with van der Waals surface area (Å²) < 4.78 is 23.1. The molecule has 0 spiro atoms. The Balaban J connectivity index is 1.56. The second kappa shape index (κ2) is 6.28. The summed E-state index contributed by atoms with van der Waals surface area (Å²) in [6, 6.07) is 10.8. The third-order valence-corrected chi connectivity index (χ3v) is 6.00. The van der Waals surface area contributed by atoms with Gasteiger partial charge in [0.05, 0.1) is 11.5 Å². The third kappa shape index (κ3) is 3.80. The van der Waals surface area contributed by atoms with Gasteiger partial charge in [-0.05, 0) is 25.3 Å². The molecule has 22 heavy (non-hydrogen) atoms. The molecule has 1 aromatic carbocycles. The number of aliphatic imine (C=N–C) groups is 1. The summed E-state index contributed by atoms with van der Waals surface area (Å²) in [7, 11) is -2.87. The fourth-order valence-electron chi connectivity index (χ4n) is 2.99. The van der Waals surface area contributed by atoms with Gasteiger partial charge in [-0.1, -0.05) is 30.3 Å². The van der Waals surface area contributed by atoms with E-state index in [9.17, 15) is 8.42 Å². The van der Waals surface area contributed by atoms with Crippen molar-refractivity contribution in [2.24, 2.45) is 4.99 Å². The largest absolute Gasteiger partial charge is 0.353 e. The molecule has 3 atom stereocenters. The van der Waals surface area contributed by atoms with E-state index in [1.54, 1.807) is 0 Å². The molecule has 2 fully saturated rings. The van der Waals surface area contributed by atoms with Gasteiger partial charge in [-0.2, -0.15) is 0 Å². The molecule has 5 nitrogen and oxygen atoms in total. The lowest BCUT2D eigenvalue weighted by Crippen LogP contribution is -2.45. The Bertz CT molecular complexity index is 643. The van der Waals surface area contributed by atoms with Gasteiger partial charge in [0.1, 0.15) is 0 Å². The van der Waals surface area contributed by atoms with Crippen LogP contribution in [0.1, 0.15) is 31.2 Å². The average molecular weight is 321 g/mol. The third-order valence-electron chi connectivity index (χ3n) is 4.23. The van der Waals surface area contributed by atoms with Crippen LogP contribution in [0.5, 0.6) is 0 Å². The first-order chi connectivity index (χ1) is 10.6. The minimum absolute atomic E-state index is 0.0169. The van der Waals surface area contributed by atoms with E-state index in [1.807, 2.05) is 13.0 Å². The van der Waals surface area contributed by atoms with E-state index in [1.165, 1.54) is 5.56 Å². The predicted molar refractivity (Wildman–Crippen MR) is 88.9 cm³/mol. The molecule has 2 aliphatic rings. The second-order valence-electron chi connectivity index (χ2n) is 6.07. The topological polar surface area (TPSA) is 70.6 Å². The quantitative estimate of drug-likeness (QED) is 0.647. The first kappa shape index (κ1) is 15.3. The van der Waals surface area contributed by atoms with Crippen LogP contribution in [0.25, 0.3) is 0 Å². The molecular formula is C16H23N3O2S. The van der Waals surface area contributed by atoms with Gasteiger partial charge in [0, 0.05) is 24.5 Å². The van der Waals surface area contributed by atoms with Crippen LogP contribution < -0.4 is 10.6 Å². The number of benzene rings is 1. The van der Waals surface area contributed by atoms with Gasteiger partial charge in [-0.3, -0.25) is 4.99 Å². The van der Waals surface area contributed by atoms with Crippen LogP contribution in [0, 0.1) is 0 Å². The summed E-state index contributed by atoms with van der Waals surface area (Å²) in [6.07, 6.45) is 1.76. The normalized spacial score (nSPS) is 30.0. The molecule has 6 heteroatoms. The Kier molecular flexibility index (Phi) is 4.38. The zero-order valence-electron chi connectivity index (χ0n) is 12.8. The van der Waals surface area contributed by atoms with E-state index in [0.717, 1.165) is 12.4 Å². The Hall–Kier alpha value is -1.56. The monoisotopic (exact) mass is 321 g/mol. The van der Waals surface area contributed by atoms with Gasteiger partial charge in [0.15, 0.2) is 15.8 Å². The standard InChI is InChI=1S/C16H23N3O2S/c1-2-17-16(18-13-8-9-22(20,21)11-13)19-15-10-14(15)12-6-4-3-5-7-12/h3-7,13-15H,2,8-11H2,1H3,(H2,17,18,19). The smallest absolute Gasteiger partial charge is 0.191 e. The van der Waals surface area contributed by atoms with Crippen molar-refractivity contribution in [3.63, 3.8) is 0 Å². The molecule has 3 rings (SSSR count). The molecule has 1 saturated heterocycles. The molecule has 1 aliphatic carbocycles. The minimum atomic E-state index is -2.87. The number of nitrogens with one attached hydrogen (secondary N) is 2. The molecule has 0 radical (unpaired) electrons. The molecule has 0 aromatic heterocycles. The lowest BCUT2D eigenvalue weighted by molar-refractivity contribution is 0.599. The summed E-state index contributed by atoms with van der Waals surface area (Å²) >= 11 is 0. The second-order valence-corrected chi connectivity index (χ2v) is 8.30. The molecule has 2 N–H and O–H groups in total. The Morgan fingerprint density at radius 2 is 2.05 bits per heavy atom. The minimum Gasteiger partial charge on any atom is -0.353 e. The summed E-state index contributed by atoms with van der Waals surface area (Å²) in [6.45, 7) is 2.66. The van der Waals surface area contributed by atoms with Crippen LogP contribution in [0.4, 0.5) is 0 Å². The number of nitrogens with zero attached hydrogens (tertiary/aromatic N) is 1. The van der Waals surface area contributed by atoms with E-state index in [0.29, 0.717) is 24.9 Å². The molecule has 1 heterocycles. The van der Waals surface area contributed by atoms with Gasteiger partial charge < -0.3 is 10.6 Å². The van der Waals surface area contributed by atoms with Gasteiger partial charge in [0.2, 0.25) is 0 Å². The molecule has 1 saturated carbocycles. The van der Waals surface area contributed by atoms with E-state index in [4.69, 9.17) is 0 Å². The van der Waals surface area contributed by atoms with Crippen LogP contribution in [-0.2, 0) is 9.84 Å². The van der Waals surface area contributed by atoms with Crippen molar-refractivity contribution < 1.29 is 8.42 Å². The number of guanidine groups is 1. The Labute approximate surface area is 132 Å². The predicted octanol–water partition coefficient (Wildman–Crippen LogP) is 1.28. The van der Waals surface area contributed by atoms with Gasteiger partial charge in [-0.15, -0.1) is 0 Å². The lowest BCUT2D eigenvalue weighted by Gasteiger charge is -2.16. The number of hydrogen-bond acceptors (Lipinski definition) is 3. The van der Waals surface area contributed by atoms with Crippen LogP contribution in [0.2, 0.25) is 0 Å². The number of hydrogen-bond donors (Lipinski definition) is 2. The molecule has 3 unspecified atom stereocenters. The van der Waals surface area contributed by atoms with E-state index in [2.05, 4.69) is 39.9 Å². The molecule has 1 aromatic rings. The van der Waals surface area contributed by atoms with Crippen LogP contribution in [0.3, 0.4) is 0 Å². The van der Waals surface area contributed by atoms with E-state index in [-0.39, 0.29) is 17.5 Å². The van der Waals surface area contributed by atoms with E-state index < -0.39 is 9.84 Å². The first-order valence-corrected chi connectivity index (χ1v) is 9.72. The highest BCUT2D eigenvalue weighted by molar-refractivity contribution is 7.91. The average Bonchev–Trinajstić information content (AvgIpc) is 3.17. The van der Waals surface area contributed by atoms with Crippen LogP contribution >= 0.6 is 0 Å². The van der Waals surface area contributed by atoms with Crippen molar-refractivity contribution in [2.45, 2.75) is 37.8 Å². The van der Waals surface area contributed by atoms with Crippen molar-refractivity contribution in [3.05, 3.63) is 35.9 Å². The highest BCUT2D eigenvalue weighted by Crippen LogP contribution is 2.40. The maximum Gasteiger partial charge on any atom is 0.191 e. The molecular weight excluding hydrogens is 298 g/mol. The zero-order chi connectivity index (χ0) is 15.6. The van der Waals surface area contributed by atoms with Crippen molar-refractivity contribution >= 4 is 15.8 Å². The van der Waals surface area contributed by atoms with Crippen LogP contribution in [0.15, 0.2) is 35.3 Å². The molecule has 0 amide bonds. The SMILES string of the molecule is CCN=C(NC1CCS(=O)(=O)C1)NC1CC1c1ccccc1. The first-order valence-electron chi connectivity index (χ1n) is 7.90. The highest BCUT2D eigenvalue weighted by Gasteiger charge is 2.39. The van der Waals surface area contributed by atoms with Crippen LogP contribution in [-0.4, -0.2) is 44.5 Å². The fraction of sp³-hybridized carbons (Fsp3) is 0.562. The van der Waals surface area contributed by atoms with Crippen molar-refractivity contribution in [3.8, 4) is 0 Å². The van der Waals surface area contributed by atoms with Gasteiger partial charge in [-0.25, -0.2) is 8.42 Å². The summed E-state index contributed by atoms with van der Waals surface area (Å²) in [5.41, 5.74) is 1.35. The Morgan fingerprint density at radius 3 is 2.68 bits per heavy atom. The van der Waals surface area contributed by atoms with E-state index >= 15 is 0 Å². The van der Waals surface area contributed by atoms with Crippen molar-refractivity contribution in [2.75, 3.05) is 18.1 Å². The number of sulfone groups is 1. The molecule has 0 bridgehead atoms. The molecule has 1 aliphatic heterocycles. The van der Waals surface area contributed by atoms with Gasteiger partial charge in [0.25, 0.3) is 0 Å². The summed E-state index contributed by atoms with van der Waals surface area (Å²) in [5.74, 6) is 1.76. The van der Waals surface area contributed by atoms with Gasteiger partial charge >= 0.3 is 0 Å². The summed E-state index contributed by atoms with van der Waals surface area (Å²) in [4.78, 5) is 4.44. The highest BCUT2D eigenvalue weighted by atomic mass is 32.2. The number of rotatable bonds is 4. The van der Waals surface area contributed by atoms with Crippen molar-refractivity contribution in [1.82, 2.24) is 10.6 Å².